The Morgan fingerprint density at radius 2 is 2.21 bits per heavy atom. The first-order valence-electron chi connectivity index (χ1n) is 4.66. The van der Waals surface area contributed by atoms with Crippen LogP contribution in [0.1, 0.15) is 12.8 Å². The van der Waals surface area contributed by atoms with Crippen LogP contribution in [-0.4, -0.2) is 29.3 Å². The van der Waals surface area contributed by atoms with Gasteiger partial charge in [0, 0.05) is 12.8 Å². The van der Waals surface area contributed by atoms with Crippen molar-refractivity contribution in [2.45, 2.75) is 18.9 Å². The first-order chi connectivity index (χ1) is 6.86. The van der Waals surface area contributed by atoms with Crippen LogP contribution in [0.25, 0.3) is 0 Å². The van der Waals surface area contributed by atoms with Crippen LogP contribution in [0.4, 0.5) is 5.69 Å². The fourth-order valence-corrected chi connectivity index (χ4v) is 1.38. The third kappa shape index (κ3) is 2.11. The summed E-state index contributed by atoms with van der Waals surface area (Å²) in [5.41, 5.74) is 6.14. The molecule has 5 heteroatoms. The van der Waals surface area contributed by atoms with Gasteiger partial charge in [0.1, 0.15) is 18.1 Å². The molecule has 2 heterocycles. The average molecular weight is 195 g/mol. The van der Waals surface area contributed by atoms with Crippen molar-refractivity contribution in [3.05, 3.63) is 12.5 Å². The zero-order chi connectivity index (χ0) is 9.80. The maximum atomic E-state index is 5.66. The number of nitrogens with zero attached hydrogens (tertiary/aromatic N) is 2. The molecule has 1 aromatic heterocycles. The van der Waals surface area contributed by atoms with Crippen molar-refractivity contribution in [3.8, 4) is 5.88 Å². The van der Waals surface area contributed by atoms with E-state index in [2.05, 4.69) is 9.97 Å². The van der Waals surface area contributed by atoms with E-state index in [1.165, 1.54) is 6.33 Å². The second kappa shape index (κ2) is 4.23. The van der Waals surface area contributed by atoms with Crippen LogP contribution in [0.15, 0.2) is 12.5 Å². The fraction of sp³-hybridized carbons (Fsp3) is 0.556. The Balaban J connectivity index is 1.99. The second-order valence-electron chi connectivity index (χ2n) is 3.21. The van der Waals surface area contributed by atoms with Gasteiger partial charge in [-0.25, -0.2) is 4.98 Å². The van der Waals surface area contributed by atoms with Gasteiger partial charge in [-0.15, -0.1) is 0 Å². The minimum atomic E-state index is 0.168. The summed E-state index contributed by atoms with van der Waals surface area (Å²) in [7, 11) is 0. The minimum absolute atomic E-state index is 0.168. The SMILES string of the molecule is Nc1cncnc1OC1CCOCC1. The molecule has 5 nitrogen and oxygen atoms in total. The third-order valence-corrected chi connectivity index (χ3v) is 2.15. The summed E-state index contributed by atoms with van der Waals surface area (Å²) >= 11 is 0. The highest BCUT2D eigenvalue weighted by molar-refractivity contribution is 5.44. The van der Waals surface area contributed by atoms with Gasteiger partial charge < -0.3 is 15.2 Å². The Hall–Kier alpha value is -1.36. The van der Waals surface area contributed by atoms with Gasteiger partial charge in [-0.3, -0.25) is 0 Å². The summed E-state index contributed by atoms with van der Waals surface area (Å²) < 4.78 is 10.9. The number of ether oxygens (including phenoxy) is 2. The molecular weight excluding hydrogens is 182 g/mol. The molecule has 1 aliphatic heterocycles. The monoisotopic (exact) mass is 195 g/mol. The molecule has 2 N–H and O–H groups in total. The number of rotatable bonds is 2. The number of nitrogens with two attached hydrogens (primary N) is 1. The molecule has 0 atom stereocenters. The van der Waals surface area contributed by atoms with E-state index in [0.717, 1.165) is 26.1 Å². The lowest BCUT2D eigenvalue weighted by Crippen LogP contribution is -2.26. The predicted octanol–water partition coefficient (Wildman–Crippen LogP) is 0.617. The number of anilines is 1. The van der Waals surface area contributed by atoms with Gasteiger partial charge in [0.25, 0.3) is 0 Å². The van der Waals surface area contributed by atoms with Crippen molar-refractivity contribution in [2.24, 2.45) is 0 Å². The van der Waals surface area contributed by atoms with Gasteiger partial charge in [0.15, 0.2) is 0 Å². The molecule has 0 bridgehead atoms. The van der Waals surface area contributed by atoms with Crippen molar-refractivity contribution in [1.29, 1.82) is 0 Å². The van der Waals surface area contributed by atoms with E-state index in [1.807, 2.05) is 0 Å². The maximum Gasteiger partial charge on any atom is 0.240 e. The number of nitrogen functional groups attached to an aromatic ring is 1. The Bertz CT molecular complexity index is 300. The molecule has 0 aromatic carbocycles. The molecule has 1 fully saturated rings. The largest absolute Gasteiger partial charge is 0.473 e. The van der Waals surface area contributed by atoms with E-state index in [9.17, 15) is 0 Å². The zero-order valence-corrected chi connectivity index (χ0v) is 7.85. The van der Waals surface area contributed by atoms with Crippen molar-refractivity contribution in [1.82, 2.24) is 9.97 Å². The molecule has 14 heavy (non-hydrogen) atoms. The summed E-state index contributed by atoms with van der Waals surface area (Å²) in [6.07, 6.45) is 4.93. The van der Waals surface area contributed by atoms with Crippen LogP contribution in [0, 0.1) is 0 Å². The summed E-state index contributed by atoms with van der Waals surface area (Å²) in [6.45, 7) is 1.49. The van der Waals surface area contributed by atoms with Crippen molar-refractivity contribution >= 4 is 5.69 Å². The van der Waals surface area contributed by atoms with E-state index in [4.69, 9.17) is 15.2 Å². The molecule has 1 saturated heterocycles. The molecular formula is C9H13N3O2. The Kier molecular flexibility index (Phi) is 2.78. The van der Waals surface area contributed by atoms with Gasteiger partial charge in [-0.05, 0) is 0 Å². The highest BCUT2D eigenvalue weighted by atomic mass is 16.5. The molecule has 0 radical (unpaired) electrons. The maximum absolute atomic E-state index is 5.66. The summed E-state index contributed by atoms with van der Waals surface area (Å²) in [4.78, 5) is 7.77. The third-order valence-electron chi connectivity index (χ3n) is 2.15. The van der Waals surface area contributed by atoms with Crippen molar-refractivity contribution in [3.63, 3.8) is 0 Å². The molecule has 0 saturated carbocycles. The van der Waals surface area contributed by atoms with Crippen LogP contribution in [0.5, 0.6) is 5.88 Å². The smallest absolute Gasteiger partial charge is 0.240 e. The molecule has 76 valence electrons. The molecule has 0 spiro atoms. The standard InChI is InChI=1S/C9H13N3O2/c10-8-5-11-6-12-9(8)14-7-1-3-13-4-2-7/h5-7H,1-4,10H2. The summed E-state index contributed by atoms with van der Waals surface area (Å²) in [5.74, 6) is 0.479. The lowest BCUT2D eigenvalue weighted by atomic mass is 10.1. The van der Waals surface area contributed by atoms with E-state index in [-0.39, 0.29) is 6.10 Å². The molecule has 0 aliphatic carbocycles. The van der Waals surface area contributed by atoms with Crippen LogP contribution in [0.2, 0.25) is 0 Å². The first kappa shape index (κ1) is 9.21. The number of aromatic nitrogens is 2. The van der Waals surface area contributed by atoms with Crippen LogP contribution in [-0.2, 0) is 4.74 Å². The topological polar surface area (TPSA) is 70.3 Å². The second-order valence-corrected chi connectivity index (χ2v) is 3.21. The van der Waals surface area contributed by atoms with Gasteiger partial charge in [-0.1, -0.05) is 0 Å². The Labute approximate surface area is 82.3 Å². The fourth-order valence-electron chi connectivity index (χ4n) is 1.38. The van der Waals surface area contributed by atoms with Crippen LogP contribution >= 0.6 is 0 Å². The Morgan fingerprint density at radius 1 is 1.43 bits per heavy atom. The minimum Gasteiger partial charge on any atom is -0.473 e. The van der Waals surface area contributed by atoms with Gasteiger partial charge in [0.2, 0.25) is 5.88 Å². The Morgan fingerprint density at radius 3 is 2.93 bits per heavy atom. The predicted molar refractivity (Wildman–Crippen MR) is 50.9 cm³/mol. The van der Waals surface area contributed by atoms with Gasteiger partial charge in [0.05, 0.1) is 19.4 Å². The quantitative estimate of drug-likeness (QED) is 0.749. The summed E-state index contributed by atoms with van der Waals surface area (Å²) in [6, 6.07) is 0. The van der Waals surface area contributed by atoms with E-state index in [0.29, 0.717) is 11.6 Å². The summed E-state index contributed by atoms with van der Waals surface area (Å²) in [5, 5.41) is 0. The number of hydrogen-bond donors (Lipinski definition) is 1. The van der Waals surface area contributed by atoms with Crippen LogP contribution < -0.4 is 10.5 Å². The molecule has 0 unspecified atom stereocenters. The highest BCUT2D eigenvalue weighted by Gasteiger charge is 2.16. The molecule has 2 rings (SSSR count). The van der Waals surface area contributed by atoms with E-state index < -0.39 is 0 Å². The molecule has 0 amide bonds. The first-order valence-corrected chi connectivity index (χ1v) is 4.66. The lowest BCUT2D eigenvalue weighted by molar-refractivity contribution is 0.0240. The molecule has 1 aromatic rings. The van der Waals surface area contributed by atoms with Crippen LogP contribution in [0.3, 0.4) is 0 Å². The van der Waals surface area contributed by atoms with Crippen molar-refractivity contribution in [2.75, 3.05) is 18.9 Å². The van der Waals surface area contributed by atoms with Gasteiger partial charge in [-0.2, -0.15) is 4.98 Å². The van der Waals surface area contributed by atoms with E-state index >= 15 is 0 Å². The van der Waals surface area contributed by atoms with E-state index in [1.54, 1.807) is 6.20 Å². The molecule has 1 aliphatic rings. The lowest BCUT2D eigenvalue weighted by Gasteiger charge is -2.22. The highest BCUT2D eigenvalue weighted by Crippen LogP contribution is 2.20. The number of hydrogen-bond acceptors (Lipinski definition) is 5. The average Bonchev–Trinajstić information content (AvgIpc) is 2.23. The van der Waals surface area contributed by atoms with Crippen molar-refractivity contribution < 1.29 is 9.47 Å². The zero-order valence-electron chi connectivity index (χ0n) is 7.85. The normalized spacial score (nSPS) is 18.0. The van der Waals surface area contributed by atoms with Gasteiger partial charge >= 0.3 is 0 Å².